The van der Waals surface area contributed by atoms with E-state index in [1.807, 2.05) is 12.1 Å². The van der Waals surface area contributed by atoms with E-state index in [4.69, 9.17) is 11.0 Å². The standard InChI is InChI=1S/C19H22N2.C17H16N2/c20-19(11-12-19)17-13-21(14-17)18(15-7-3-1-4-8-15)16-9-5-2-6-10-16;18-11-14-12-19(13-14)17(15-7-3-1-4-8-15)16-9-5-2-6-10-16/h1-10,17-18H,11-14,20H2;1-10,14,17H,12-13H2. The van der Waals surface area contributed by atoms with Crippen molar-refractivity contribution in [3.63, 3.8) is 0 Å². The van der Waals surface area contributed by atoms with Crippen LogP contribution >= 0.6 is 0 Å². The molecule has 1 aliphatic carbocycles. The van der Waals surface area contributed by atoms with Crippen LogP contribution in [0.15, 0.2) is 121 Å². The van der Waals surface area contributed by atoms with Gasteiger partial charge in [-0.05, 0) is 35.1 Å². The van der Waals surface area contributed by atoms with Crippen molar-refractivity contribution in [2.75, 3.05) is 26.2 Å². The molecule has 2 saturated heterocycles. The van der Waals surface area contributed by atoms with Crippen LogP contribution in [0.5, 0.6) is 0 Å². The van der Waals surface area contributed by atoms with Gasteiger partial charge in [0.15, 0.2) is 0 Å². The van der Waals surface area contributed by atoms with Gasteiger partial charge >= 0.3 is 0 Å². The van der Waals surface area contributed by atoms with Gasteiger partial charge in [0.2, 0.25) is 0 Å². The normalized spacial score (nSPS) is 18.8. The number of likely N-dealkylation sites (tertiary alicyclic amines) is 2. The largest absolute Gasteiger partial charge is 0.325 e. The molecule has 202 valence electrons. The fourth-order valence-electron chi connectivity index (χ4n) is 6.21. The van der Waals surface area contributed by atoms with E-state index >= 15 is 0 Å². The number of nitrogens with zero attached hydrogens (tertiary/aromatic N) is 3. The lowest BCUT2D eigenvalue weighted by atomic mass is 9.85. The molecule has 7 rings (SSSR count). The average Bonchev–Trinajstić information content (AvgIpc) is 3.71. The van der Waals surface area contributed by atoms with Crippen LogP contribution in [0.3, 0.4) is 0 Å². The Kier molecular flexibility index (Phi) is 7.80. The minimum atomic E-state index is 0.161. The molecule has 4 heteroatoms. The van der Waals surface area contributed by atoms with E-state index in [2.05, 4.69) is 125 Å². The van der Waals surface area contributed by atoms with E-state index in [9.17, 15) is 0 Å². The number of hydrogen-bond donors (Lipinski definition) is 1. The van der Waals surface area contributed by atoms with Crippen molar-refractivity contribution in [2.24, 2.45) is 17.6 Å². The zero-order valence-electron chi connectivity index (χ0n) is 23.0. The molecule has 3 fully saturated rings. The zero-order chi connectivity index (χ0) is 27.4. The van der Waals surface area contributed by atoms with Crippen molar-refractivity contribution in [3.05, 3.63) is 144 Å². The first-order chi connectivity index (χ1) is 19.6. The molecule has 4 nitrogen and oxygen atoms in total. The Morgan fingerprint density at radius 2 is 0.900 bits per heavy atom. The Labute approximate surface area is 238 Å². The molecule has 1 saturated carbocycles. The van der Waals surface area contributed by atoms with Gasteiger partial charge in [0.1, 0.15) is 0 Å². The summed E-state index contributed by atoms with van der Waals surface area (Å²) in [5.74, 6) is 0.877. The highest BCUT2D eigenvalue weighted by Gasteiger charge is 2.51. The number of benzene rings is 4. The minimum absolute atomic E-state index is 0.161. The number of hydrogen-bond acceptors (Lipinski definition) is 4. The third-order valence-electron chi connectivity index (χ3n) is 8.83. The minimum Gasteiger partial charge on any atom is -0.325 e. The van der Waals surface area contributed by atoms with Crippen molar-refractivity contribution < 1.29 is 0 Å². The van der Waals surface area contributed by atoms with Crippen LogP contribution in [0.1, 0.15) is 47.2 Å². The summed E-state index contributed by atoms with van der Waals surface area (Å²) in [4.78, 5) is 4.95. The Bertz CT molecular complexity index is 1310. The quantitative estimate of drug-likeness (QED) is 0.301. The highest BCUT2D eigenvalue weighted by atomic mass is 15.2. The highest BCUT2D eigenvalue weighted by molar-refractivity contribution is 5.34. The molecule has 4 aromatic rings. The fourth-order valence-corrected chi connectivity index (χ4v) is 6.21. The molecule has 2 N–H and O–H groups in total. The predicted octanol–water partition coefficient (Wildman–Crippen LogP) is 6.43. The maximum Gasteiger partial charge on any atom is 0.0718 e. The van der Waals surface area contributed by atoms with Gasteiger partial charge in [-0.1, -0.05) is 121 Å². The summed E-state index contributed by atoms with van der Waals surface area (Å²) in [5, 5.41) is 8.95. The Hall–Kier alpha value is -3.75. The van der Waals surface area contributed by atoms with E-state index < -0.39 is 0 Å². The Morgan fingerprint density at radius 1 is 0.575 bits per heavy atom. The van der Waals surface area contributed by atoms with Gasteiger partial charge in [0.25, 0.3) is 0 Å². The van der Waals surface area contributed by atoms with Crippen LogP contribution in [0.4, 0.5) is 0 Å². The Balaban J connectivity index is 0.000000145. The van der Waals surface area contributed by atoms with Gasteiger partial charge in [-0.25, -0.2) is 0 Å². The first-order valence-electron chi connectivity index (χ1n) is 14.5. The molecule has 40 heavy (non-hydrogen) atoms. The molecule has 0 radical (unpaired) electrons. The van der Waals surface area contributed by atoms with E-state index in [1.54, 1.807) is 0 Å². The monoisotopic (exact) mass is 526 g/mol. The van der Waals surface area contributed by atoms with E-state index in [1.165, 1.54) is 35.1 Å². The molecular formula is C36H38N4. The summed E-state index contributed by atoms with van der Waals surface area (Å²) in [6.45, 7) is 3.99. The van der Waals surface area contributed by atoms with Crippen LogP contribution in [-0.4, -0.2) is 41.5 Å². The maximum absolute atomic E-state index is 8.95. The third-order valence-corrected chi connectivity index (χ3v) is 8.83. The average molecular weight is 527 g/mol. The van der Waals surface area contributed by atoms with Crippen LogP contribution in [0, 0.1) is 23.2 Å². The summed E-state index contributed by atoms with van der Waals surface area (Å²) >= 11 is 0. The number of rotatable bonds is 7. The van der Waals surface area contributed by atoms with Crippen molar-refractivity contribution in [1.29, 1.82) is 5.26 Å². The zero-order valence-corrected chi connectivity index (χ0v) is 23.0. The number of nitriles is 1. The van der Waals surface area contributed by atoms with Gasteiger partial charge in [-0.15, -0.1) is 0 Å². The predicted molar refractivity (Wildman–Crippen MR) is 161 cm³/mol. The van der Waals surface area contributed by atoms with Gasteiger partial charge < -0.3 is 5.73 Å². The lowest BCUT2D eigenvalue weighted by Crippen LogP contribution is -2.56. The molecule has 2 aliphatic heterocycles. The summed E-state index contributed by atoms with van der Waals surface area (Å²) in [6.07, 6.45) is 2.43. The van der Waals surface area contributed by atoms with Crippen molar-refractivity contribution in [2.45, 2.75) is 30.5 Å². The van der Waals surface area contributed by atoms with Crippen molar-refractivity contribution in [1.82, 2.24) is 9.80 Å². The molecule has 0 bridgehead atoms. The van der Waals surface area contributed by atoms with Crippen molar-refractivity contribution >= 4 is 0 Å². The SMILES string of the molecule is N#CC1CN(C(c2ccccc2)c2ccccc2)C1.NC1(C2CN(C(c3ccccc3)c3ccccc3)C2)CC1. The summed E-state index contributed by atoms with van der Waals surface area (Å²) in [7, 11) is 0. The summed E-state index contributed by atoms with van der Waals surface area (Å²) in [5.41, 5.74) is 11.9. The van der Waals surface area contributed by atoms with Gasteiger partial charge in [0, 0.05) is 37.6 Å². The molecule has 0 amide bonds. The van der Waals surface area contributed by atoms with Crippen LogP contribution in [-0.2, 0) is 0 Å². The third kappa shape index (κ3) is 5.74. The second kappa shape index (κ2) is 11.8. The number of nitrogens with two attached hydrogens (primary N) is 1. The van der Waals surface area contributed by atoms with Crippen LogP contribution in [0.2, 0.25) is 0 Å². The molecule has 0 atom stereocenters. The fraction of sp³-hybridized carbons (Fsp3) is 0.306. The molecule has 0 unspecified atom stereocenters. The Morgan fingerprint density at radius 3 is 1.20 bits per heavy atom. The lowest BCUT2D eigenvalue weighted by Gasteiger charge is -2.47. The molecule has 4 aromatic carbocycles. The highest BCUT2D eigenvalue weighted by Crippen LogP contribution is 2.46. The second-order valence-corrected chi connectivity index (χ2v) is 11.6. The first-order valence-corrected chi connectivity index (χ1v) is 14.5. The molecular weight excluding hydrogens is 488 g/mol. The second-order valence-electron chi connectivity index (χ2n) is 11.6. The topological polar surface area (TPSA) is 56.3 Å². The van der Waals surface area contributed by atoms with Gasteiger partial charge in [-0.3, -0.25) is 9.80 Å². The van der Waals surface area contributed by atoms with E-state index in [0.717, 1.165) is 26.2 Å². The van der Waals surface area contributed by atoms with E-state index in [0.29, 0.717) is 12.0 Å². The first kappa shape index (κ1) is 26.5. The maximum atomic E-state index is 8.95. The smallest absolute Gasteiger partial charge is 0.0718 e. The van der Waals surface area contributed by atoms with E-state index in [-0.39, 0.29) is 17.5 Å². The molecule has 2 heterocycles. The van der Waals surface area contributed by atoms with Gasteiger partial charge in [0.05, 0.1) is 24.1 Å². The summed E-state index contributed by atoms with van der Waals surface area (Å²) in [6, 6.07) is 45.7. The molecule has 0 spiro atoms. The van der Waals surface area contributed by atoms with Crippen LogP contribution in [0.25, 0.3) is 0 Å². The lowest BCUT2D eigenvalue weighted by molar-refractivity contribution is 0.0467. The molecule has 3 aliphatic rings. The summed E-state index contributed by atoms with van der Waals surface area (Å²) < 4.78 is 0. The van der Waals surface area contributed by atoms with Crippen molar-refractivity contribution in [3.8, 4) is 6.07 Å². The molecule has 0 aromatic heterocycles. The van der Waals surface area contributed by atoms with Gasteiger partial charge in [-0.2, -0.15) is 5.26 Å². The van der Waals surface area contributed by atoms with Crippen LogP contribution < -0.4 is 5.73 Å².